The summed E-state index contributed by atoms with van der Waals surface area (Å²) in [6.07, 6.45) is 5.07. The number of methoxy groups -OCH3 is 1. The van der Waals surface area contributed by atoms with Gasteiger partial charge in [0.25, 0.3) is 0 Å². The van der Waals surface area contributed by atoms with Crippen LogP contribution in [0.15, 0.2) is 200 Å². The van der Waals surface area contributed by atoms with Gasteiger partial charge in [-0.25, -0.2) is 26.3 Å². The summed E-state index contributed by atoms with van der Waals surface area (Å²) in [7, 11) is 5.81. The second kappa shape index (κ2) is 60.6. The molecule has 0 radical (unpaired) electrons. The lowest BCUT2D eigenvalue weighted by atomic mass is 9.99. The third-order valence-electron chi connectivity index (χ3n) is 18.0. The Kier molecular flexibility index (Phi) is 56.1. The zero-order chi connectivity index (χ0) is 93.6. The Morgan fingerprint density at radius 2 is 0.626 bits per heavy atom. The maximum absolute atomic E-state index is 13.2. The van der Waals surface area contributed by atoms with Crippen LogP contribution in [0.5, 0.6) is 5.75 Å². The van der Waals surface area contributed by atoms with Gasteiger partial charge in [0.05, 0.1) is 37.8 Å². The van der Waals surface area contributed by atoms with Crippen LogP contribution >= 0.6 is 69.6 Å². The van der Waals surface area contributed by atoms with Crippen molar-refractivity contribution in [1.29, 1.82) is 0 Å². The molecule has 0 saturated heterocycles. The number of hydrogen-bond donors (Lipinski definition) is 0. The normalized spacial score (nSPS) is 10.8. The van der Waals surface area contributed by atoms with Crippen LogP contribution in [0.2, 0.25) is 30.1 Å². The number of alkyl halides is 3. The summed E-state index contributed by atoms with van der Waals surface area (Å²) in [6, 6.07) is 57.7. The average molecular weight is 1830 g/mol. The van der Waals surface area contributed by atoms with E-state index >= 15 is 0 Å². The molecular formula is C106H138Cl6F9NO. The largest absolute Gasteiger partial charge is 0.495 e. The Balaban J connectivity index is 0.000000684. The lowest BCUT2D eigenvalue weighted by Gasteiger charge is -2.14. The first kappa shape index (κ1) is 114. The van der Waals surface area contributed by atoms with E-state index in [0.29, 0.717) is 80.3 Å². The molecule has 0 N–H and O–H groups in total. The van der Waals surface area contributed by atoms with Gasteiger partial charge >= 0.3 is 6.18 Å². The second-order valence-corrected chi connectivity index (χ2v) is 37.7. The molecule has 0 heterocycles. The van der Waals surface area contributed by atoms with Crippen LogP contribution in [0.1, 0.15) is 211 Å². The number of ether oxygens (including phenoxy) is 1. The van der Waals surface area contributed by atoms with Gasteiger partial charge in [-0.1, -0.05) is 317 Å². The van der Waals surface area contributed by atoms with Gasteiger partial charge in [-0.05, 0) is 289 Å². The van der Waals surface area contributed by atoms with Crippen molar-refractivity contribution in [3.8, 4) is 5.75 Å². The molecule has 0 unspecified atom stereocenters. The average Bonchev–Trinajstić information content (AvgIpc) is 0.877. The van der Waals surface area contributed by atoms with E-state index in [1.807, 2.05) is 95.3 Å². The van der Waals surface area contributed by atoms with Crippen LogP contribution in [0.4, 0.5) is 45.2 Å². The summed E-state index contributed by atoms with van der Waals surface area (Å²) in [5.74, 6) is 4.70. The van der Waals surface area contributed by atoms with E-state index in [1.165, 1.54) is 64.7 Å². The molecule has 10 rings (SSSR count). The molecule has 0 amide bonds. The molecule has 678 valence electrons. The molecular weight excluding hydrogens is 1690 g/mol. The number of para-hydroxylation sites is 1. The Morgan fingerprint density at radius 3 is 1.07 bits per heavy atom. The van der Waals surface area contributed by atoms with E-state index in [1.54, 1.807) is 61.7 Å². The molecule has 10 aromatic rings. The van der Waals surface area contributed by atoms with Gasteiger partial charge in [0, 0.05) is 30.9 Å². The molecule has 0 aliphatic rings. The van der Waals surface area contributed by atoms with E-state index < -0.39 is 23.4 Å². The van der Waals surface area contributed by atoms with Crippen LogP contribution in [0, 0.1) is 108 Å². The van der Waals surface area contributed by atoms with Crippen molar-refractivity contribution in [3.63, 3.8) is 0 Å². The Labute approximate surface area is 765 Å². The highest BCUT2D eigenvalue weighted by Gasteiger charge is 2.30. The topological polar surface area (TPSA) is 12.5 Å². The summed E-state index contributed by atoms with van der Waals surface area (Å²) in [5.41, 5.74) is 13.4. The number of halogens is 15. The number of anilines is 1. The Bertz CT molecular complexity index is 4240. The first-order chi connectivity index (χ1) is 57.4. The molecule has 0 spiro atoms. The third kappa shape index (κ3) is 50.2. The minimum Gasteiger partial charge on any atom is -0.495 e. The number of rotatable bonds is 22. The van der Waals surface area contributed by atoms with Crippen LogP contribution < -0.4 is 9.64 Å². The molecule has 0 atom stereocenters. The lowest BCUT2D eigenvalue weighted by molar-refractivity contribution is -0.137. The molecule has 0 fully saturated rings. The van der Waals surface area contributed by atoms with E-state index in [2.05, 4.69) is 173 Å². The van der Waals surface area contributed by atoms with E-state index in [9.17, 15) is 39.5 Å². The summed E-state index contributed by atoms with van der Waals surface area (Å²) >= 11 is 35.2. The van der Waals surface area contributed by atoms with Crippen molar-refractivity contribution >= 4 is 75.3 Å². The summed E-state index contributed by atoms with van der Waals surface area (Å²) in [5, 5.41) is 3.41. The van der Waals surface area contributed by atoms with Crippen LogP contribution in [0.25, 0.3) is 0 Å². The van der Waals surface area contributed by atoms with Crippen molar-refractivity contribution in [2.24, 2.45) is 59.2 Å². The highest BCUT2D eigenvalue weighted by molar-refractivity contribution is 6.42. The second-order valence-electron chi connectivity index (χ2n) is 35.3. The number of benzene rings is 10. The molecule has 0 bridgehead atoms. The summed E-state index contributed by atoms with van der Waals surface area (Å²) in [4.78, 5) is 2.14. The molecule has 123 heavy (non-hydrogen) atoms. The first-order valence-corrected chi connectivity index (χ1v) is 44.9. The highest BCUT2D eigenvalue weighted by Crippen LogP contribution is 2.33. The molecule has 10 aromatic carbocycles. The van der Waals surface area contributed by atoms with Crippen molar-refractivity contribution in [1.82, 2.24) is 0 Å². The molecule has 0 aliphatic carbocycles. The molecule has 2 nitrogen and oxygen atoms in total. The van der Waals surface area contributed by atoms with Crippen molar-refractivity contribution in [2.45, 2.75) is 223 Å². The maximum Gasteiger partial charge on any atom is 0.416 e. The van der Waals surface area contributed by atoms with E-state index in [0.717, 1.165) is 125 Å². The van der Waals surface area contributed by atoms with Crippen molar-refractivity contribution in [3.05, 3.63) is 338 Å². The fourth-order valence-electron chi connectivity index (χ4n) is 12.5. The summed E-state index contributed by atoms with van der Waals surface area (Å²) in [6.45, 7) is 46.5. The van der Waals surface area contributed by atoms with Gasteiger partial charge in [0.15, 0.2) is 0 Å². The molecule has 0 saturated carbocycles. The number of nitrogens with zero attached hydrogens (tertiary/aromatic N) is 1. The predicted octanol–water partition coefficient (Wildman–Crippen LogP) is 35.3. The SMILES string of the molecule is CC(C)Cc1cc(F)cc(F)c1.CC(C)Cc1ccc(C(F)(F)F)cc1.CC(C)Cc1cccc(Cl)c1Cl.CC(C)Cc1cccc(Cl)c1F.CC(C)Cc1cccc(F)c1.CC(C)Cc1cccc(F)c1Cl.CC(C)Cc1cccc(N(C)C)c1.COc1c(Cl)cccc1CC(C)C.Cc1c(Cl)cccc1CC(C)C.Cc1c(F)cccc1CC(C)C. The van der Waals surface area contributed by atoms with E-state index in [4.69, 9.17) is 74.3 Å². The molecule has 17 heteroatoms. The number of hydrogen-bond acceptors (Lipinski definition) is 2. The molecule has 0 aromatic heterocycles. The zero-order valence-corrected chi connectivity index (χ0v) is 82.0. The minimum absolute atomic E-state index is 0.0897. The van der Waals surface area contributed by atoms with Crippen LogP contribution in [-0.4, -0.2) is 21.2 Å². The summed E-state index contributed by atoms with van der Waals surface area (Å²) < 4.78 is 119. The van der Waals surface area contributed by atoms with Crippen molar-refractivity contribution < 1.29 is 44.3 Å². The Hall–Kier alpha value is -7.09. The third-order valence-corrected chi connectivity index (χ3v) is 20.3. The lowest BCUT2D eigenvalue weighted by Crippen LogP contribution is -2.08. The minimum atomic E-state index is -4.23. The fourth-order valence-corrected chi connectivity index (χ4v) is 13.8. The zero-order valence-electron chi connectivity index (χ0n) is 77.4. The monoisotopic (exact) mass is 1820 g/mol. The van der Waals surface area contributed by atoms with Crippen LogP contribution in [0.3, 0.4) is 0 Å². The van der Waals surface area contributed by atoms with Gasteiger partial charge in [-0.3, -0.25) is 0 Å². The van der Waals surface area contributed by atoms with Gasteiger partial charge in [-0.2, -0.15) is 13.2 Å². The Morgan fingerprint density at radius 1 is 0.293 bits per heavy atom. The van der Waals surface area contributed by atoms with Gasteiger partial charge in [0.2, 0.25) is 0 Å². The van der Waals surface area contributed by atoms with Crippen molar-refractivity contribution in [2.75, 3.05) is 26.1 Å². The predicted molar refractivity (Wildman–Crippen MR) is 515 cm³/mol. The first-order valence-electron chi connectivity index (χ1n) is 42.6. The molecule has 0 aliphatic heterocycles. The van der Waals surface area contributed by atoms with Gasteiger partial charge < -0.3 is 9.64 Å². The quantitative estimate of drug-likeness (QED) is 0.0627. The maximum atomic E-state index is 13.2. The van der Waals surface area contributed by atoms with Crippen LogP contribution in [-0.2, 0) is 70.4 Å². The van der Waals surface area contributed by atoms with Gasteiger partial charge in [-0.15, -0.1) is 0 Å². The standard InChI is InChI=1S/C12H19N.C11H15ClO.C11H15Cl.C11H13F3.C11H15F.C10H12Cl2.2C10H12ClF.C10H12F2.C10H13F/c1-10(2)8-11-6-5-7-12(9-11)13(3)4;1-8(2)7-9-5-4-6-10(12)11(9)13-3;1-8(2)7-10-5-4-6-11(12)9(10)3;1-8(2)7-9-3-5-10(6-4-9)11(12,13)14;1-8(2)7-10-5-4-6-11(12)9(10)3;1-7(2)6-8-4-3-5-9(11)10(8)12;1-7(2)6-8-4-3-5-9(12)10(8)11;1-7(2)6-8-4-3-5-9(11)10(8)12;1-7(2)3-8-4-9(11)6-10(12)5-8;1-8(2)6-9-4-3-5-10(11)7-9/h5-7,9-10H,8H2,1-4H3;4-6,8H,7H2,1-3H3;4-6,8H,7H2,1-3H3;3-6,8H,7H2,1-2H3;4-6,8H,7H2,1-3H3;3*3-5,7H,6H2,1-2H3;4-7H,3H2,1-2H3;3-5,7-8H,6H2,1-2H3. The highest BCUT2D eigenvalue weighted by atomic mass is 35.5. The van der Waals surface area contributed by atoms with E-state index in [-0.39, 0.29) is 33.3 Å². The van der Waals surface area contributed by atoms with Gasteiger partial charge in [0.1, 0.15) is 40.7 Å². The smallest absolute Gasteiger partial charge is 0.416 e. The fraction of sp³-hybridized carbons (Fsp3) is 0.434.